The molecule has 1 aliphatic rings. The highest BCUT2D eigenvalue weighted by molar-refractivity contribution is 5.32. The molecule has 0 radical (unpaired) electrons. The Morgan fingerprint density at radius 2 is 2.00 bits per heavy atom. The van der Waals surface area contributed by atoms with E-state index in [0.29, 0.717) is 11.5 Å². The smallest absolute Gasteiger partial charge is 0.0121 e. The Morgan fingerprint density at radius 1 is 1.25 bits per heavy atom. The predicted octanol–water partition coefficient (Wildman–Crippen LogP) is 4.91. The number of fused-ring (bicyclic) bond motifs is 1. The van der Waals surface area contributed by atoms with Crippen LogP contribution in [-0.4, -0.2) is 12.6 Å². The van der Waals surface area contributed by atoms with Gasteiger partial charge in [-0.2, -0.15) is 0 Å². The van der Waals surface area contributed by atoms with Gasteiger partial charge in [-0.1, -0.05) is 52.0 Å². The zero-order valence-corrected chi connectivity index (χ0v) is 13.7. The minimum Gasteiger partial charge on any atom is -0.313 e. The van der Waals surface area contributed by atoms with Crippen LogP contribution in [0.1, 0.15) is 70.4 Å². The second-order valence-electron chi connectivity index (χ2n) is 7.40. The number of hydrogen-bond donors (Lipinski definition) is 1. The van der Waals surface area contributed by atoms with Crippen molar-refractivity contribution in [2.75, 3.05) is 6.54 Å². The van der Waals surface area contributed by atoms with Gasteiger partial charge in [0.1, 0.15) is 0 Å². The van der Waals surface area contributed by atoms with E-state index in [0.717, 1.165) is 12.5 Å². The number of hydrogen-bond acceptors (Lipinski definition) is 1. The maximum absolute atomic E-state index is 3.79. The molecule has 2 unspecified atom stereocenters. The molecule has 20 heavy (non-hydrogen) atoms. The average molecular weight is 273 g/mol. The Kier molecular flexibility index (Phi) is 5.26. The number of aryl methyl sites for hydroxylation is 1. The summed E-state index contributed by atoms with van der Waals surface area (Å²) in [5, 5.41) is 3.79. The van der Waals surface area contributed by atoms with E-state index in [1.807, 2.05) is 0 Å². The van der Waals surface area contributed by atoms with Crippen LogP contribution in [0.25, 0.3) is 0 Å². The molecular formula is C19H31N. The highest BCUT2D eigenvalue weighted by Gasteiger charge is 2.29. The van der Waals surface area contributed by atoms with Crippen LogP contribution in [0.4, 0.5) is 0 Å². The second-order valence-corrected chi connectivity index (χ2v) is 7.40. The molecule has 1 nitrogen and oxygen atoms in total. The molecule has 1 aromatic carbocycles. The molecule has 2 atom stereocenters. The van der Waals surface area contributed by atoms with Gasteiger partial charge in [-0.05, 0) is 61.1 Å². The van der Waals surface area contributed by atoms with Crippen molar-refractivity contribution >= 4 is 0 Å². The van der Waals surface area contributed by atoms with Gasteiger partial charge in [-0.3, -0.25) is 0 Å². The lowest BCUT2D eigenvalue weighted by Crippen LogP contribution is -2.42. The van der Waals surface area contributed by atoms with E-state index < -0.39 is 0 Å². The van der Waals surface area contributed by atoms with Crippen LogP contribution in [0.15, 0.2) is 24.3 Å². The number of benzene rings is 1. The largest absolute Gasteiger partial charge is 0.313 e. The van der Waals surface area contributed by atoms with Crippen LogP contribution in [-0.2, 0) is 6.42 Å². The predicted molar refractivity (Wildman–Crippen MR) is 88.3 cm³/mol. The van der Waals surface area contributed by atoms with Crippen molar-refractivity contribution in [2.45, 2.75) is 71.8 Å². The van der Waals surface area contributed by atoms with E-state index in [-0.39, 0.29) is 0 Å². The maximum atomic E-state index is 3.79. The van der Waals surface area contributed by atoms with E-state index in [4.69, 9.17) is 0 Å². The van der Waals surface area contributed by atoms with Crippen LogP contribution in [0.5, 0.6) is 0 Å². The summed E-state index contributed by atoms with van der Waals surface area (Å²) in [6.07, 6.45) is 6.48. The van der Waals surface area contributed by atoms with Crippen molar-refractivity contribution in [3.05, 3.63) is 35.4 Å². The van der Waals surface area contributed by atoms with E-state index in [9.17, 15) is 0 Å². The molecule has 0 amide bonds. The molecule has 0 aromatic heterocycles. The molecule has 0 heterocycles. The summed E-state index contributed by atoms with van der Waals surface area (Å²) < 4.78 is 0. The molecule has 1 N–H and O–H groups in total. The lowest BCUT2D eigenvalue weighted by molar-refractivity contribution is 0.237. The van der Waals surface area contributed by atoms with Gasteiger partial charge in [-0.15, -0.1) is 0 Å². The van der Waals surface area contributed by atoms with Gasteiger partial charge in [0.2, 0.25) is 0 Å². The zero-order chi connectivity index (χ0) is 14.6. The van der Waals surface area contributed by atoms with E-state index in [1.54, 1.807) is 11.1 Å². The van der Waals surface area contributed by atoms with Gasteiger partial charge in [0, 0.05) is 6.04 Å². The highest BCUT2D eigenvalue weighted by atomic mass is 14.9. The van der Waals surface area contributed by atoms with Crippen LogP contribution >= 0.6 is 0 Å². The molecule has 1 aliphatic carbocycles. The normalized spacial score (nSPS) is 20.5. The zero-order valence-electron chi connectivity index (χ0n) is 13.7. The molecule has 0 bridgehead atoms. The summed E-state index contributed by atoms with van der Waals surface area (Å²) in [7, 11) is 0. The summed E-state index contributed by atoms with van der Waals surface area (Å²) in [6.45, 7) is 10.5. The summed E-state index contributed by atoms with van der Waals surface area (Å²) in [5.74, 6) is 0.744. The number of rotatable bonds is 5. The minimum atomic E-state index is 0.335. The van der Waals surface area contributed by atoms with Crippen LogP contribution < -0.4 is 5.32 Å². The Hall–Kier alpha value is -0.820. The molecule has 0 fully saturated rings. The van der Waals surface area contributed by atoms with Crippen LogP contribution in [0.3, 0.4) is 0 Å². The maximum Gasteiger partial charge on any atom is 0.0121 e. The van der Waals surface area contributed by atoms with Gasteiger partial charge in [0.05, 0.1) is 0 Å². The first-order valence-corrected chi connectivity index (χ1v) is 8.33. The quantitative estimate of drug-likeness (QED) is 0.803. The van der Waals surface area contributed by atoms with E-state index in [2.05, 4.69) is 57.3 Å². The summed E-state index contributed by atoms with van der Waals surface area (Å²) >= 11 is 0. The summed E-state index contributed by atoms with van der Waals surface area (Å²) in [4.78, 5) is 0. The molecule has 0 saturated heterocycles. The Bertz CT molecular complexity index is 416. The fourth-order valence-electron chi connectivity index (χ4n) is 3.45. The molecule has 0 spiro atoms. The molecule has 0 saturated carbocycles. The highest BCUT2D eigenvalue weighted by Crippen LogP contribution is 2.37. The minimum absolute atomic E-state index is 0.335. The van der Waals surface area contributed by atoms with E-state index in [1.165, 1.54) is 32.1 Å². The van der Waals surface area contributed by atoms with Crippen molar-refractivity contribution < 1.29 is 0 Å². The van der Waals surface area contributed by atoms with Crippen molar-refractivity contribution in [1.29, 1.82) is 0 Å². The lowest BCUT2D eigenvalue weighted by Gasteiger charge is -2.36. The standard InChI is InChI=1S/C19H31N/c1-5-13-20-18(19(2,3)4)14-16-11-8-10-15-9-6-7-12-17(15)16/h6-7,9,12,16,18,20H,5,8,10-11,13-14H2,1-4H3. The third kappa shape index (κ3) is 3.85. The van der Waals surface area contributed by atoms with Crippen molar-refractivity contribution in [2.24, 2.45) is 5.41 Å². The first-order valence-electron chi connectivity index (χ1n) is 8.33. The van der Waals surface area contributed by atoms with Gasteiger partial charge in [-0.25, -0.2) is 0 Å². The van der Waals surface area contributed by atoms with Crippen LogP contribution in [0, 0.1) is 5.41 Å². The van der Waals surface area contributed by atoms with Crippen molar-refractivity contribution in [1.82, 2.24) is 5.32 Å². The molecule has 112 valence electrons. The molecule has 2 rings (SSSR count). The van der Waals surface area contributed by atoms with Crippen molar-refractivity contribution in [3.63, 3.8) is 0 Å². The average Bonchev–Trinajstić information content (AvgIpc) is 2.42. The molecule has 1 aromatic rings. The monoisotopic (exact) mass is 273 g/mol. The van der Waals surface area contributed by atoms with E-state index >= 15 is 0 Å². The van der Waals surface area contributed by atoms with Gasteiger partial charge in [0.15, 0.2) is 0 Å². The second kappa shape index (κ2) is 6.76. The third-order valence-corrected chi connectivity index (χ3v) is 4.70. The number of nitrogens with one attached hydrogen (secondary N) is 1. The fraction of sp³-hybridized carbons (Fsp3) is 0.684. The Morgan fingerprint density at radius 3 is 2.70 bits per heavy atom. The topological polar surface area (TPSA) is 12.0 Å². The Labute approximate surface area is 125 Å². The molecule has 0 aliphatic heterocycles. The van der Waals surface area contributed by atoms with Gasteiger partial charge < -0.3 is 5.32 Å². The fourth-order valence-corrected chi connectivity index (χ4v) is 3.45. The van der Waals surface area contributed by atoms with Gasteiger partial charge >= 0.3 is 0 Å². The van der Waals surface area contributed by atoms with Crippen LogP contribution in [0.2, 0.25) is 0 Å². The first kappa shape index (κ1) is 15.6. The molecular weight excluding hydrogens is 242 g/mol. The summed E-state index contributed by atoms with van der Waals surface area (Å²) in [5.41, 5.74) is 3.54. The lowest BCUT2D eigenvalue weighted by atomic mass is 9.74. The first-order chi connectivity index (χ1) is 9.52. The van der Waals surface area contributed by atoms with Crippen molar-refractivity contribution in [3.8, 4) is 0 Å². The summed E-state index contributed by atoms with van der Waals surface area (Å²) in [6, 6.07) is 9.70. The third-order valence-electron chi connectivity index (χ3n) is 4.70. The Balaban J connectivity index is 2.11. The van der Waals surface area contributed by atoms with Gasteiger partial charge in [0.25, 0.3) is 0 Å². The SMILES string of the molecule is CCCNC(CC1CCCc2ccccc21)C(C)(C)C. The molecule has 1 heteroatoms.